The Morgan fingerprint density at radius 1 is 1.00 bits per heavy atom. The summed E-state index contributed by atoms with van der Waals surface area (Å²) in [6.07, 6.45) is 9.58. The van der Waals surface area contributed by atoms with Crippen LogP contribution >= 0.6 is 0 Å². The number of hydrogen-bond acceptors (Lipinski definition) is 3. The molecule has 0 aliphatic carbocycles. The largest absolute Gasteiger partial charge is 0.330 e. The van der Waals surface area contributed by atoms with Gasteiger partial charge in [0.2, 0.25) is 0 Å². The fourth-order valence-corrected chi connectivity index (χ4v) is 2.32. The second-order valence-electron chi connectivity index (χ2n) is 5.25. The van der Waals surface area contributed by atoms with Crippen LogP contribution < -0.4 is 11.5 Å². The van der Waals surface area contributed by atoms with Crippen LogP contribution in [0.4, 0.5) is 0 Å². The van der Waals surface area contributed by atoms with E-state index in [2.05, 4.69) is 13.8 Å². The molecule has 0 saturated heterocycles. The van der Waals surface area contributed by atoms with Crippen LogP contribution in [0.5, 0.6) is 0 Å². The van der Waals surface area contributed by atoms with E-state index in [1.54, 1.807) is 0 Å². The maximum Gasteiger partial charge on any atom is 0.152 e. The zero-order valence-electron chi connectivity index (χ0n) is 12.3. The fourth-order valence-electron chi connectivity index (χ4n) is 2.32. The average molecular weight is 256 g/mol. The van der Waals surface area contributed by atoms with Crippen LogP contribution in [0.25, 0.3) is 0 Å². The zero-order valence-corrected chi connectivity index (χ0v) is 12.3. The number of Topliss-reactive ketones (excluding diaryl/α,β-unsaturated/α-hetero) is 1. The Morgan fingerprint density at radius 3 is 2.22 bits per heavy atom. The van der Waals surface area contributed by atoms with Crippen molar-refractivity contribution in [2.75, 3.05) is 6.54 Å². The maximum atomic E-state index is 12.2. The molecule has 4 N–H and O–H groups in total. The maximum absolute atomic E-state index is 12.2. The number of nitrogens with two attached hydrogens (primary N) is 2. The molecule has 0 aliphatic heterocycles. The minimum absolute atomic E-state index is 0.176. The molecule has 108 valence electrons. The number of unbranched alkanes of at least 4 members (excludes halogenated alkanes) is 4. The van der Waals surface area contributed by atoms with Crippen molar-refractivity contribution in [1.29, 1.82) is 0 Å². The summed E-state index contributed by atoms with van der Waals surface area (Å²) in [5, 5.41) is 0. The molecule has 0 saturated carbocycles. The van der Waals surface area contributed by atoms with E-state index in [9.17, 15) is 4.79 Å². The molecule has 0 spiro atoms. The molecule has 0 amide bonds. The molecule has 0 bridgehead atoms. The number of ketones is 1. The monoisotopic (exact) mass is 256 g/mol. The fraction of sp³-hybridized carbons (Fsp3) is 0.933. The first-order valence-corrected chi connectivity index (χ1v) is 7.66. The van der Waals surface area contributed by atoms with E-state index in [4.69, 9.17) is 11.5 Å². The molecule has 1 unspecified atom stereocenters. The Morgan fingerprint density at radius 2 is 1.67 bits per heavy atom. The third-order valence-electron chi connectivity index (χ3n) is 3.64. The normalized spacial score (nSPS) is 14.4. The van der Waals surface area contributed by atoms with Gasteiger partial charge in [0.1, 0.15) is 0 Å². The van der Waals surface area contributed by atoms with Gasteiger partial charge >= 0.3 is 0 Å². The van der Waals surface area contributed by atoms with Crippen LogP contribution in [-0.4, -0.2) is 18.4 Å². The summed E-state index contributed by atoms with van der Waals surface area (Å²) >= 11 is 0. The van der Waals surface area contributed by atoms with Gasteiger partial charge in [-0.25, -0.2) is 0 Å². The molecule has 3 heteroatoms. The van der Waals surface area contributed by atoms with Crippen LogP contribution in [0.15, 0.2) is 0 Å². The van der Waals surface area contributed by atoms with Gasteiger partial charge < -0.3 is 11.5 Å². The van der Waals surface area contributed by atoms with Crippen LogP contribution in [0.1, 0.15) is 71.6 Å². The SMILES string of the molecule is CCCCCCC(CC)C(=O)[C@@H](N)CCCCN. The first-order valence-electron chi connectivity index (χ1n) is 7.66. The van der Waals surface area contributed by atoms with E-state index in [0.29, 0.717) is 6.54 Å². The van der Waals surface area contributed by atoms with Crippen molar-refractivity contribution in [3.63, 3.8) is 0 Å². The number of carbonyl (C=O) groups excluding carboxylic acids is 1. The van der Waals surface area contributed by atoms with Gasteiger partial charge in [-0.3, -0.25) is 4.79 Å². The van der Waals surface area contributed by atoms with Crippen LogP contribution in [0.3, 0.4) is 0 Å². The Balaban J connectivity index is 3.92. The van der Waals surface area contributed by atoms with Crippen LogP contribution in [0.2, 0.25) is 0 Å². The summed E-state index contributed by atoms with van der Waals surface area (Å²) in [7, 11) is 0. The van der Waals surface area contributed by atoms with Gasteiger partial charge in [0.15, 0.2) is 5.78 Å². The first kappa shape index (κ1) is 17.6. The lowest BCUT2D eigenvalue weighted by atomic mass is 9.89. The molecular formula is C15H32N2O. The van der Waals surface area contributed by atoms with Gasteiger partial charge in [0.25, 0.3) is 0 Å². The minimum atomic E-state index is -0.271. The zero-order chi connectivity index (χ0) is 13.8. The minimum Gasteiger partial charge on any atom is -0.330 e. The highest BCUT2D eigenvalue weighted by Gasteiger charge is 2.21. The van der Waals surface area contributed by atoms with Crippen molar-refractivity contribution in [1.82, 2.24) is 0 Å². The highest BCUT2D eigenvalue weighted by atomic mass is 16.1. The molecular weight excluding hydrogens is 224 g/mol. The van der Waals surface area contributed by atoms with Crippen molar-refractivity contribution < 1.29 is 4.79 Å². The second-order valence-corrected chi connectivity index (χ2v) is 5.25. The smallest absolute Gasteiger partial charge is 0.152 e. The number of carbonyl (C=O) groups is 1. The highest BCUT2D eigenvalue weighted by Crippen LogP contribution is 2.18. The summed E-state index contributed by atoms with van der Waals surface area (Å²) in [5.74, 6) is 0.445. The van der Waals surface area contributed by atoms with Crippen LogP contribution in [-0.2, 0) is 4.79 Å². The van der Waals surface area contributed by atoms with Gasteiger partial charge in [-0.05, 0) is 32.2 Å². The number of rotatable bonds is 12. The summed E-state index contributed by atoms with van der Waals surface area (Å²) in [6, 6.07) is -0.271. The molecule has 2 atom stereocenters. The van der Waals surface area contributed by atoms with E-state index in [-0.39, 0.29) is 17.7 Å². The Bertz CT molecular complexity index is 207. The quantitative estimate of drug-likeness (QED) is 0.527. The predicted octanol–water partition coefficient (Wildman–Crippen LogP) is 3.01. The van der Waals surface area contributed by atoms with Crippen molar-refractivity contribution in [2.24, 2.45) is 17.4 Å². The van der Waals surface area contributed by atoms with Gasteiger partial charge in [0, 0.05) is 5.92 Å². The van der Waals surface area contributed by atoms with Crippen LogP contribution in [0, 0.1) is 5.92 Å². The highest BCUT2D eigenvalue weighted by molar-refractivity contribution is 5.85. The molecule has 0 rings (SSSR count). The Hall–Kier alpha value is -0.410. The average Bonchev–Trinajstić information content (AvgIpc) is 2.38. The van der Waals surface area contributed by atoms with E-state index in [1.165, 1.54) is 19.3 Å². The lowest BCUT2D eigenvalue weighted by molar-refractivity contribution is -0.124. The molecule has 18 heavy (non-hydrogen) atoms. The third kappa shape index (κ3) is 7.83. The summed E-state index contributed by atoms with van der Waals surface area (Å²) in [5.41, 5.74) is 11.4. The van der Waals surface area contributed by atoms with Crippen molar-refractivity contribution in [3.05, 3.63) is 0 Å². The summed E-state index contributed by atoms with van der Waals surface area (Å²) in [4.78, 5) is 12.2. The van der Waals surface area contributed by atoms with Gasteiger partial charge in [0.05, 0.1) is 6.04 Å². The first-order chi connectivity index (χ1) is 8.67. The molecule has 0 aliphatic rings. The van der Waals surface area contributed by atoms with E-state index in [0.717, 1.165) is 38.5 Å². The standard InChI is InChI=1S/C15H32N2O/c1-3-5-6-7-10-13(4-2)15(18)14(17)11-8-9-12-16/h13-14H,3-12,16-17H2,1-2H3/t13?,14-/m0/s1. The third-order valence-corrected chi connectivity index (χ3v) is 3.64. The lowest BCUT2D eigenvalue weighted by Crippen LogP contribution is -2.35. The van der Waals surface area contributed by atoms with Crippen molar-refractivity contribution in [2.45, 2.75) is 77.7 Å². The van der Waals surface area contributed by atoms with Gasteiger partial charge in [-0.1, -0.05) is 46.0 Å². The molecule has 0 aromatic rings. The molecule has 0 heterocycles. The second kappa shape index (κ2) is 11.7. The molecule has 0 aromatic heterocycles. The van der Waals surface area contributed by atoms with Gasteiger partial charge in [-0.2, -0.15) is 0 Å². The van der Waals surface area contributed by atoms with Gasteiger partial charge in [-0.15, -0.1) is 0 Å². The molecule has 0 aromatic carbocycles. The topological polar surface area (TPSA) is 69.1 Å². The van der Waals surface area contributed by atoms with Crippen molar-refractivity contribution >= 4 is 5.78 Å². The predicted molar refractivity (Wildman–Crippen MR) is 78.4 cm³/mol. The van der Waals surface area contributed by atoms with E-state index >= 15 is 0 Å². The molecule has 0 radical (unpaired) electrons. The summed E-state index contributed by atoms with van der Waals surface area (Å²) in [6.45, 7) is 4.99. The van der Waals surface area contributed by atoms with E-state index < -0.39 is 0 Å². The van der Waals surface area contributed by atoms with Crippen molar-refractivity contribution in [3.8, 4) is 0 Å². The Labute approximate surface area is 113 Å². The molecule has 3 nitrogen and oxygen atoms in total. The Kier molecular flexibility index (Phi) is 11.4. The lowest BCUT2D eigenvalue weighted by Gasteiger charge is -2.18. The number of hydrogen-bond donors (Lipinski definition) is 2. The summed E-state index contributed by atoms with van der Waals surface area (Å²) < 4.78 is 0. The molecule has 0 fully saturated rings. The van der Waals surface area contributed by atoms with E-state index in [1.807, 2.05) is 0 Å².